The van der Waals surface area contributed by atoms with E-state index >= 15 is 0 Å². The van der Waals surface area contributed by atoms with Gasteiger partial charge in [-0.15, -0.1) is 0 Å². The van der Waals surface area contributed by atoms with Gasteiger partial charge in [0.15, 0.2) is 6.10 Å². The number of carbonyl (C=O) groups is 1. The van der Waals surface area contributed by atoms with Crippen LogP contribution in [0, 0.1) is 13.8 Å². The molecule has 2 aromatic carbocycles. The zero-order valence-corrected chi connectivity index (χ0v) is 16.1. The first-order valence-corrected chi connectivity index (χ1v) is 9.52. The van der Waals surface area contributed by atoms with Crippen LogP contribution < -0.4 is 9.64 Å². The number of benzene rings is 2. The van der Waals surface area contributed by atoms with E-state index in [2.05, 4.69) is 24.0 Å². The van der Waals surface area contributed by atoms with Crippen LogP contribution in [0.3, 0.4) is 0 Å². The zero-order chi connectivity index (χ0) is 19.2. The number of hydrogen-bond donors (Lipinski definition) is 1. The highest BCUT2D eigenvalue weighted by molar-refractivity contribution is 5.81. The second-order valence-electron chi connectivity index (χ2n) is 7.04. The van der Waals surface area contributed by atoms with Gasteiger partial charge in [-0.05, 0) is 43.5 Å². The average Bonchev–Trinajstić information content (AvgIpc) is 2.93. The Hall–Kier alpha value is -2.53. The molecule has 2 aromatic rings. The van der Waals surface area contributed by atoms with Crippen molar-refractivity contribution < 1.29 is 14.6 Å². The lowest BCUT2D eigenvalue weighted by Gasteiger charge is -2.26. The highest BCUT2D eigenvalue weighted by Gasteiger charge is 2.25. The lowest BCUT2D eigenvalue weighted by atomic mass is 10.2. The van der Waals surface area contributed by atoms with Gasteiger partial charge in [0.1, 0.15) is 12.4 Å². The minimum atomic E-state index is -1.14. The first-order valence-electron chi connectivity index (χ1n) is 9.52. The van der Waals surface area contributed by atoms with Crippen molar-refractivity contribution in [3.8, 4) is 5.75 Å². The molecule has 1 aliphatic heterocycles. The summed E-state index contributed by atoms with van der Waals surface area (Å²) in [6, 6.07) is 15.9. The molecule has 0 aliphatic carbocycles. The van der Waals surface area contributed by atoms with Crippen molar-refractivity contribution in [2.75, 3.05) is 37.7 Å². The van der Waals surface area contributed by atoms with Crippen LogP contribution in [0.2, 0.25) is 0 Å². The van der Waals surface area contributed by atoms with Crippen LogP contribution in [0.4, 0.5) is 5.69 Å². The van der Waals surface area contributed by atoms with Crippen molar-refractivity contribution >= 4 is 11.6 Å². The molecule has 0 bridgehead atoms. The van der Waals surface area contributed by atoms with Gasteiger partial charge in [0.05, 0.1) is 0 Å². The predicted octanol–water partition coefficient (Wildman–Crippen LogP) is 2.78. The highest BCUT2D eigenvalue weighted by atomic mass is 16.5. The predicted molar refractivity (Wildman–Crippen MR) is 107 cm³/mol. The van der Waals surface area contributed by atoms with Gasteiger partial charge in [-0.2, -0.15) is 0 Å². The number of carbonyl (C=O) groups excluding carboxylic acids is 1. The Morgan fingerprint density at radius 3 is 2.44 bits per heavy atom. The summed E-state index contributed by atoms with van der Waals surface area (Å²) in [5.74, 6) is 0.446. The fourth-order valence-corrected chi connectivity index (χ4v) is 3.47. The Kier molecular flexibility index (Phi) is 6.35. The van der Waals surface area contributed by atoms with Crippen molar-refractivity contribution in [2.24, 2.45) is 0 Å². The Morgan fingerprint density at radius 1 is 1.00 bits per heavy atom. The smallest absolute Gasteiger partial charge is 0.255 e. The molecule has 1 N–H and O–H groups in total. The van der Waals surface area contributed by atoms with Crippen molar-refractivity contribution in [3.63, 3.8) is 0 Å². The number of aryl methyl sites for hydroxylation is 2. The molecule has 144 valence electrons. The fourth-order valence-electron chi connectivity index (χ4n) is 3.47. The number of aliphatic hydroxyl groups excluding tert-OH is 1. The molecule has 1 heterocycles. The molecule has 1 atom stereocenters. The van der Waals surface area contributed by atoms with E-state index in [4.69, 9.17) is 4.74 Å². The third kappa shape index (κ3) is 4.80. The van der Waals surface area contributed by atoms with Gasteiger partial charge in [0.2, 0.25) is 0 Å². The SMILES string of the molecule is Cc1ccccc1OCC(O)C(=O)N1CCCN(c2ccccc2C)CC1. The molecule has 1 amide bonds. The number of hydrogen-bond acceptors (Lipinski definition) is 4. The number of aliphatic hydroxyl groups is 1. The van der Waals surface area contributed by atoms with E-state index in [9.17, 15) is 9.90 Å². The molecule has 1 unspecified atom stereocenters. The second kappa shape index (κ2) is 8.91. The summed E-state index contributed by atoms with van der Waals surface area (Å²) in [5.41, 5.74) is 3.44. The van der Waals surface area contributed by atoms with E-state index < -0.39 is 6.10 Å². The molecule has 5 nitrogen and oxygen atoms in total. The van der Waals surface area contributed by atoms with E-state index in [-0.39, 0.29) is 12.5 Å². The summed E-state index contributed by atoms with van der Waals surface area (Å²) in [6.45, 7) is 6.96. The fraction of sp³-hybridized carbons (Fsp3) is 0.409. The molecule has 0 radical (unpaired) electrons. The average molecular weight is 368 g/mol. The molecule has 0 saturated carbocycles. The highest BCUT2D eigenvalue weighted by Crippen LogP contribution is 2.21. The summed E-state index contributed by atoms with van der Waals surface area (Å²) in [4.78, 5) is 16.7. The van der Waals surface area contributed by atoms with Gasteiger partial charge in [-0.3, -0.25) is 4.79 Å². The minimum absolute atomic E-state index is 0.0261. The van der Waals surface area contributed by atoms with E-state index in [1.165, 1.54) is 11.3 Å². The first kappa shape index (κ1) is 19.2. The third-order valence-electron chi connectivity index (χ3n) is 5.04. The van der Waals surface area contributed by atoms with E-state index in [1.807, 2.05) is 43.3 Å². The Morgan fingerprint density at radius 2 is 1.70 bits per heavy atom. The van der Waals surface area contributed by atoms with E-state index in [1.54, 1.807) is 4.90 Å². The lowest BCUT2D eigenvalue weighted by molar-refractivity contribution is -0.141. The van der Waals surface area contributed by atoms with Gasteiger partial charge in [-0.25, -0.2) is 0 Å². The van der Waals surface area contributed by atoms with Crippen molar-refractivity contribution in [1.29, 1.82) is 0 Å². The van der Waals surface area contributed by atoms with Crippen LogP contribution >= 0.6 is 0 Å². The number of anilines is 1. The zero-order valence-electron chi connectivity index (χ0n) is 16.1. The van der Waals surface area contributed by atoms with Crippen LogP contribution in [0.15, 0.2) is 48.5 Å². The largest absolute Gasteiger partial charge is 0.490 e. The van der Waals surface area contributed by atoms with Gasteiger partial charge in [-0.1, -0.05) is 36.4 Å². The van der Waals surface area contributed by atoms with Gasteiger partial charge < -0.3 is 19.6 Å². The minimum Gasteiger partial charge on any atom is -0.490 e. The maximum Gasteiger partial charge on any atom is 0.255 e. The number of para-hydroxylation sites is 2. The van der Waals surface area contributed by atoms with E-state index in [0.717, 1.165) is 25.1 Å². The normalized spacial score (nSPS) is 16.0. The summed E-state index contributed by atoms with van der Waals surface area (Å²) < 4.78 is 5.64. The molecule has 1 fully saturated rings. The molecule has 27 heavy (non-hydrogen) atoms. The maximum absolute atomic E-state index is 12.6. The van der Waals surface area contributed by atoms with Gasteiger partial charge in [0.25, 0.3) is 5.91 Å². The molecule has 1 saturated heterocycles. The van der Waals surface area contributed by atoms with Crippen LogP contribution in [-0.2, 0) is 4.79 Å². The quantitative estimate of drug-likeness (QED) is 0.882. The lowest BCUT2D eigenvalue weighted by Crippen LogP contribution is -2.43. The monoisotopic (exact) mass is 368 g/mol. The summed E-state index contributed by atoms with van der Waals surface area (Å²) in [6.07, 6.45) is -0.263. The van der Waals surface area contributed by atoms with Crippen LogP contribution in [0.25, 0.3) is 0 Å². The number of nitrogens with zero attached hydrogens (tertiary/aromatic N) is 2. The molecule has 0 aromatic heterocycles. The van der Waals surface area contributed by atoms with E-state index in [0.29, 0.717) is 18.8 Å². The number of amides is 1. The second-order valence-corrected chi connectivity index (χ2v) is 7.04. The number of rotatable bonds is 5. The topological polar surface area (TPSA) is 53.0 Å². The standard InChI is InChI=1S/C22H28N2O3/c1-17-8-3-5-10-19(17)23-12-7-13-24(15-14-23)22(26)20(25)16-27-21-11-6-4-9-18(21)2/h3-6,8-11,20,25H,7,12-16H2,1-2H3. The molecule has 0 spiro atoms. The molecular weight excluding hydrogens is 340 g/mol. The van der Waals surface area contributed by atoms with Crippen molar-refractivity contribution in [3.05, 3.63) is 59.7 Å². The van der Waals surface area contributed by atoms with Gasteiger partial charge in [0, 0.05) is 31.9 Å². The van der Waals surface area contributed by atoms with Crippen LogP contribution in [-0.4, -0.2) is 54.8 Å². The maximum atomic E-state index is 12.6. The summed E-state index contributed by atoms with van der Waals surface area (Å²) in [5, 5.41) is 10.3. The molecule has 1 aliphatic rings. The third-order valence-corrected chi connectivity index (χ3v) is 5.04. The Bertz CT molecular complexity index is 778. The first-order chi connectivity index (χ1) is 13.1. The van der Waals surface area contributed by atoms with Crippen LogP contribution in [0.1, 0.15) is 17.5 Å². The van der Waals surface area contributed by atoms with Crippen molar-refractivity contribution in [2.45, 2.75) is 26.4 Å². The van der Waals surface area contributed by atoms with Gasteiger partial charge >= 0.3 is 0 Å². The summed E-state index contributed by atoms with van der Waals surface area (Å²) >= 11 is 0. The summed E-state index contributed by atoms with van der Waals surface area (Å²) in [7, 11) is 0. The number of ether oxygens (including phenoxy) is 1. The van der Waals surface area contributed by atoms with Crippen LogP contribution in [0.5, 0.6) is 5.75 Å². The van der Waals surface area contributed by atoms with Crippen molar-refractivity contribution in [1.82, 2.24) is 4.90 Å². The molecule has 5 heteroatoms. The Labute approximate surface area is 161 Å². The molecule has 3 rings (SSSR count). The molecular formula is C22H28N2O3. The Balaban J connectivity index is 1.56.